The average Bonchev–Trinajstić information content (AvgIpc) is 3.58. The van der Waals surface area contributed by atoms with Crippen LogP contribution < -0.4 is 21.3 Å². The Hall–Kier alpha value is -6.09. The molecule has 0 saturated carbocycles. The number of thiazole rings is 1. The molecule has 54 heavy (non-hydrogen) atoms. The molecule has 0 aliphatic heterocycles. The van der Waals surface area contributed by atoms with Crippen molar-refractivity contribution >= 4 is 52.2 Å². The summed E-state index contributed by atoms with van der Waals surface area (Å²) in [6.45, 7) is 4.64. The number of aromatic nitrogens is 1. The molecule has 0 aliphatic carbocycles. The molecule has 0 unspecified atom stereocenters. The monoisotopic (exact) mass is 757 g/mol. The summed E-state index contributed by atoms with van der Waals surface area (Å²) in [5.74, 6) is -3.49. The van der Waals surface area contributed by atoms with Crippen LogP contribution in [0.5, 0.6) is 0 Å². The first kappa shape index (κ1) is 40.7. The Morgan fingerprint density at radius 3 is 1.89 bits per heavy atom. The number of carbonyl (C=O) groups excluding carboxylic acids is 6. The van der Waals surface area contributed by atoms with Crippen LogP contribution in [-0.4, -0.2) is 65.0 Å². The van der Waals surface area contributed by atoms with Gasteiger partial charge in [-0.2, -0.15) is 0 Å². The molecule has 0 radical (unpaired) electrons. The fraction of sp³-hybridized carbons (Fsp3) is 0.308. The van der Waals surface area contributed by atoms with Crippen molar-refractivity contribution in [1.82, 2.24) is 20.9 Å². The molecule has 4 amide bonds. The van der Waals surface area contributed by atoms with Crippen molar-refractivity contribution in [1.29, 1.82) is 0 Å². The van der Waals surface area contributed by atoms with Gasteiger partial charge in [0.05, 0.1) is 18.5 Å². The summed E-state index contributed by atoms with van der Waals surface area (Å²) < 4.78 is 16.1. The van der Waals surface area contributed by atoms with Crippen LogP contribution in [0, 0.1) is 0 Å². The molecular weight excluding hydrogens is 715 g/mol. The number of nitrogens with one attached hydrogen (secondary N) is 4. The van der Waals surface area contributed by atoms with E-state index >= 15 is 0 Å². The minimum Gasteiger partial charge on any atom is -0.461 e. The van der Waals surface area contributed by atoms with Gasteiger partial charge in [-0.3, -0.25) is 19.2 Å². The number of amides is 4. The Bertz CT molecular complexity index is 1870. The first-order chi connectivity index (χ1) is 25.8. The third-order valence-corrected chi connectivity index (χ3v) is 8.11. The molecule has 0 saturated heterocycles. The smallest absolute Gasteiger partial charge is 0.408 e. The number of nitrogens with zero attached hydrogens (tertiary/aromatic N) is 1. The third kappa shape index (κ3) is 14.9. The van der Waals surface area contributed by atoms with Gasteiger partial charge in [0.2, 0.25) is 17.7 Å². The summed E-state index contributed by atoms with van der Waals surface area (Å²) in [4.78, 5) is 81.8. The molecule has 4 rings (SSSR count). The topological polar surface area (TPSA) is 191 Å². The second kappa shape index (κ2) is 20.2. The molecule has 1 aromatic heterocycles. The fourth-order valence-electron chi connectivity index (χ4n) is 4.80. The lowest BCUT2D eigenvalue weighted by molar-refractivity contribution is -0.150. The number of rotatable bonds is 17. The van der Waals surface area contributed by atoms with E-state index in [1.165, 1.54) is 0 Å². The van der Waals surface area contributed by atoms with Gasteiger partial charge < -0.3 is 35.5 Å². The first-order valence-corrected chi connectivity index (χ1v) is 18.0. The van der Waals surface area contributed by atoms with Crippen LogP contribution in [-0.2, 0) is 64.2 Å². The minimum atomic E-state index is -1.43. The van der Waals surface area contributed by atoms with Gasteiger partial charge in [0.15, 0.2) is 5.13 Å². The Labute approximate surface area is 317 Å². The molecule has 2 atom stereocenters. The summed E-state index contributed by atoms with van der Waals surface area (Å²) >= 11 is 1.05. The quantitative estimate of drug-likeness (QED) is 0.0896. The second-order valence-corrected chi connectivity index (χ2v) is 13.9. The Morgan fingerprint density at radius 2 is 1.30 bits per heavy atom. The van der Waals surface area contributed by atoms with E-state index in [4.69, 9.17) is 14.2 Å². The molecule has 4 N–H and O–H groups in total. The molecule has 3 aromatic carbocycles. The zero-order valence-electron chi connectivity index (χ0n) is 30.2. The van der Waals surface area contributed by atoms with E-state index in [0.717, 1.165) is 28.0 Å². The molecule has 15 heteroatoms. The van der Waals surface area contributed by atoms with Crippen LogP contribution >= 0.6 is 11.3 Å². The first-order valence-electron chi connectivity index (χ1n) is 17.1. The maximum absolute atomic E-state index is 13.8. The van der Waals surface area contributed by atoms with Gasteiger partial charge in [-0.1, -0.05) is 91.0 Å². The molecule has 0 spiro atoms. The molecule has 0 bridgehead atoms. The molecule has 284 valence electrons. The fourth-order valence-corrected chi connectivity index (χ4v) is 5.53. The number of benzene rings is 3. The van der Waals surface area contributed by atoms with Crippen LogP contribution in [0.2, 0.25) is 0 Å². The highest BCUT2D eigenvalue weighted by molar-refractivity contribution is 7.13. The zero-order chi connectivity index (χ0) is 38.9. The van der Waals surface area contributed by atoms with E-state index in [2.05, 4.69) is 26.3 Å². The number of esters is 2. The largest absolute Gasteiger partial charge is 0.461 e. The predicted octanol–water partition coefficient (Wildman–Crippen LogP) is 4.24. The Kier molecular flexibility index (Phi) is 15.2. The minimum absolute atomic E-state index is 0.0247. The molecule has 1 heterocycles. The van der Waals surface area contributed by atoms with E-state index < -0.39 is 59.9 Å². The molecule has 14 nitrogen and oxygen atoms in total. The van der Waals surface area contributed by atoms with Crippen molar-refractivity contribution in [3.05, 3.63) is 119 Å². The van der Waals surface area contributed by atoms with Gasteiger partial charge in [-0.25, -0.2) is 14.6 Å². The third-order valence-electron chi connectivity index (χ3n) is 7.30. The second-order valence-electron chi connectivity index (χ2n) is 13.0. The van der Waals surface area contributed by atoms with Crippen LogP contribution in [0.25, 0.3) is 0 Å². The van der Waals surface area contributed by atoms with Gasteiger partial charge >= 0.3 is 18.0 Å². The number of ether oxygens (including phenoxy) is 3. The molecular formula is C39H43N5O9S. The average molecular weight is 758 g/mol. The van der Waals surface area contributed by atoms with Crippen LogP contribution in [0.1, 0.15) is 49.6 Å². The molecule has 0 aliphatic rings. The van der Waals surface area contributed by atoms with Crippen LogP contribution in [0.15, 0.2) is 96.4 Å². The van der Waals surface area contributed by atoms with Crippen molar-refractivity contribution < 1.29 is 43.0 Å². The SMILES string of the molecule is CC(C)(C)OC(=O)NCC(=O)Nc1nc(CC(=O)N[C@@H](CC(=O)OCc2ccccc2)C(=O)N[C@@H](Cc2ccccc2)C(=O)OCc2ccccc2)cs1. The van der Waals surface area contributed by atoms with Gasteiger partial charge in [0.25, 0.3) is 0 Å². The predicted molar refractivity (Wildman–Crippen MR) is 200 cm³/mol. The van der Waals surface area contributed by atoms with E-state index in [1.54, 1.807) is 86.8 Å². The maximum atomic E-state index is 13.8. The van der Waals surface area contributed by atoms with Crippen molar-refractivity contribution in [2.24, 2.45) is 0 Å². The summed E-state index contributed by atoms with van der Waals surface area (Å²) in [7, 11) is 0. The van der Waals surface area contributed by atoms with Gasteiger partial charge in [-0.15, -0.1) is 11.3 Å². The number of hydrogen-bond acceptors (Lipinski definition) is 11. The highest BCUT2D eigenvalue weighted by Crippen LogP contribution is 2.16. The molecule has 4 aromatic rings. The van der Waals surface area contributed by atoms with Gasteiger partial charge in [0, 0.05) is 11.8 Å². The summed E-state index contributed by atoms with van der Waals surface area (Å²) in [5, 5.41) is 11.8. The van der Waals surface area contributed by atoms with Crippen molar-refractivity contribution in [3.63, 3.8) is 0 Å². The standard InChI is InChI=1S/C39H43N5O9S/c1-39(2,3)53-38(50)40-22-33(46)44-37-41-29(25-54-37)20-32(45)42-30(21-34(47)51-23-27-15-9-5-10-16-27)35(48)43-31(19-26-13-7-4-8-14-26)36(49)52-24-28-17-11-6-12-18-28/h4-18,25,30-31H,19-24H2,1-3H3,(H,40,50)(H,42,45)(H,43,48)(H,41,44,46)/t30-,31-/m0/s1. The maximum Gasteiger partial charge on any atom is 0.408 e. The van der Waals surface area contributed by atoms with E-state index in [1.807, 2.05) is 30.3 Å². The van der Waals surface area contributed by atoms with Gasteiger partial charge in [-0.05, 0) is 37.5 Å². The van der Waals surface area contributed by atoms with E-state index in [-0.39, 0.29) is 43.4 Å². The van der Waals surface area contributed by atoms with E-state index in [0.29, 0.717) is 0 Å². The van der Waals surface area contributed by atoms with Crippen molar-refractivity contribution in [2.45, 2.75) is 70.9 Å². The van der Waals surface area contributed by atoms with Crippen LogP contribution in [0.4, 0.5) is 9.93 Å². The Balaban J connectivity index is 1.42. The number of carbonyl (C=O) groups is 6. The summed E-state index contributed by atoms with van der Waals surface area (Å²) in [5.41, 5.74) is 1.77. The summed E-state index contributed by atoms with van der Waals surface area (Å²) in [6, 6.07) is 24.4. The lowest BCUT2D eigenvalue weighted by Crippen LogP contribution is -2.53. The lowest BCUT2D eigenvalue weighted by atomic mass is 10.0. The summed E-state index contributed by atoms with van der Waals surface area (Å²) in [6.07, 6.45) is -1.52. The van der Waals surface area contributed by atoms with E-state index in [9.17, 15) is 28.8 Å². The van der Waals surface area contributed by atoms with Gasteiger partial charge in [0.1, 0.15) is 37.4 Å². The lowest BCUT2D eigenvalue weighted by Gasteiger charge is -2.22. The highest BCUT2D eigenvalue weighted by Gasteiger charge is 2.30. The van der Waals surface area contributed by atoms with Crippen molar-refractivity contribution in [2.75, 3.05) is 11.9 Å². The zero-order valence-corrected chi connectivity index (χ0v) is 31.0. The molecule has 0 fully saturated rings. The normalized spacial score (nSPS) is 12.0. The Morgan fingerprint density at radius 1 is 0.722 bits per heavy atom. The highest BCUT2D eigenvalue weighted by atomic mass is 32.1. The number of alkyl carbamates (subject to hydrolysis) is 1. The van der Waals surface area contributed by atoms with Crippen LogP contribution in [0.3, 0.4) is 0 Å². The number of hydrogen-bond donors (Lipinski definition) is 4. The van der Waals surface area contributed by atoms with Crippen molar-refractivity contribution in [3.8, 4) is 0 Å². The number of anilines is 1.